The molecule has 0 unspecified atom stereocenters. The highest BCUT2D eigenvalue weighted by molar-refractivity contribution is 14.1. The smallest absolute Gasteiger partial charge is 0.148 e. The maximum absolute atomic E-state index is 6.20. The summed E-state index contributed by atoms with van der Waals surface area (Å²) in [5.41, 5.74) is 0.847. The molecular formula is C13H19ClIN3OSi. The first-order valence-electron chi connectivity index (χ1n) is 6.54. The van der Waals surface area contributed by atoms with Crippen molar-refractivity contribution in [3.05, 3.63) is 20.7 Å². The molecule has 0 spiro atoms. The van der Waals surface area contributed by atoms with Gasteiger partial charge in [-0.25, -0.2) is 9.97 Å². The maximum Gasteiger partial charge on any atom is 0.148 e. The number of halogens is 2. The van der Waals surface area contributed by atoms with Gasteiger partial charge in [-0.2, -0.15) is 0 Å². The van der Waals surface area contributed by atoms with Crippen LogP contribution in [0.15, 0.2) is 6.20 Å². The van der Waals surface area contributed by atoms with Crippen molar-refractivity contribution < 1.29 is 4.74 Å². The molecule has 0 N–H and O–H groups in total. The van der Waals surface area contributed by atoms with Crippen LogP contribution in [0.5, 0.6) is 0 Å². The first-order chi connectivity index (χ1) is 9.28. The van der Waals surface area contributed by atoms with E-state index in [1.807, 2.05) is 17.7 Å². The zero-order chi connectivity index (χ0) is 14.9. The van der Waals surface area contributed by atoms with Crippen LogP contribution in [0, 0.1) is 10.5 Å². The third-order valence-electron chi connectivity index (χ3n) is 2.96. The molecule has 7 heteroatoms. The molecule has 2 aromatic heterocycles. The Morgan fingerprint density at radius 2 is 2.05 bits per heavy atom. The quantitative estimate of drug-likeness (QED) is 0.311. The van der Waals surface area contributed by atoms with Crippen molar-refractivity contribution in [1.29, 1.82) is 0 Å². The molecule has 0 saturated heterocycles. The molecule has 0 saturated carbocycles. The van der Waals surface area contributed by atoms with E-state index in [-0.39, 0.29) is 0 Å². The number of rotatable bonds is 5. The molecule has 2 heterocycles. The van der Waals surface area contributed by atoms with Crippen LogP contribution < -0.4 is 0 Å². The van der Waals surface area contributed by atoms with E-state index in [2.05, 4.69) is 52.2 Å². The Morgan fingerprint density at radius 3 is 2.70 bits per heavy atom. The van der Waals surface area contributed by atoms with Gasteiger partial charge in [-0.05, 0) is 35.6 Å². The zero-order valence-corrected chi connectivity index (χ0v) is 16.1. The molecule has 110 valence electrons. The molecule has 0 aliphatic heterocycles. The van der Waals surface area contributed by atoms with Gasteiger partial charge in [-0.1, -0.05) is 31.2 Å². The van der Waals surface area contributed by atoms with Crippen molar-refractivity contribution in [2.24, 2.45) is 0 Å². The topological polar surface area (TPSA) is 39.9 Å². The first kappa shape index (κ1) is 16.2. The molecule has 0 aliphatic rings. The summed E-state index contributed by atoms with van der Waals surface area (Å²) < 4.78 is 8.84. The minimum absolute atomic E-state index is 0.511. The Labute approximate surface area is 139 Å². The lowest BCUT2D eigenvalue weighted by molar-refractivity contribution is 0.0898. The minimum Gasteiger partial charge on any atom is -0.361 e. The molecule has 0 fully saturated rings. The summed E-state index contributed by atoms with van der Waals surface area (Å²) in [6.07, 6.45) is 2.01. The number of aromatic nitrogens is 3. The van der Waals surface area contributed by atoms with Gasteiger partial charge in [-0.3, -0.25) is 0 Å². The normalized spacial score (nSPS) is 12.3. The predicted octanol–water partition coefficient (Wildman–Crippen LogP) is 4.31. The number of fused-ring (bicyclic) bond motifs is 1. The molecule has 2 aromatic rings. The Morgan fingerprint density at radius 1 is 1.35 bits per heavy atom. The third-order valence-corrected chi connectivity index (χ3v) is 5.76. The fourth-order valence-corrected chi connectivity index (χ4v) is 3.90. The Hall–Kier alpha value is -0.183. The Bertz CT molecular complexity index is 624. The summed E-state index contributed by atoms with van der Waals surface area (Å²) in [7, 11) is -1.04. The number of ether oxygens (including phenoxy) is 1. The summed E-state index contributed by atoms with van der Waals surface area (Å²) in [5.74, 6) is 0.681. The number of hydrogen-bond donors (Lipinski definition) is 0. The molecule has 0 aliphatic carbocycles. The van der Waals surface area contributed by atoms with E-state index in [0.29, 0.717) is 17.7 Å². The van der Waals surface area contributed by atoms with Gasteiger partial charge in [0, 0.05) is 24.4 Å². The summed E-state index contributed by atoms with van der Waals surface area (Å²) in [4.78, 5) is 8.68. The summed E-state index contributed by atoms with van der Waals surface area (Å²) in [6.45, 7) is 10.2. The van der Waals surface area contributed by atoms with Crippen LogP contribution in [-0.4, -0.2) is 29.2 Å². The number of nitrogens with zero attached hydrogens (tertiary/aromatic N) is 3. The van der Waals surface area contributed by atoms with Gasteiger partial charge < -0.3 is 9.30 Å². The van der Waals surface area contributed by atoms with E-state index < -0.39 is 8.07 Å². The van der Waals surface area contributed by atoms with Gasteiger partial charge in [0.15, 0.2) is 0 Å². The second-order valence-electron chi connectivity index (χ2n) is 6.06. The van der Waals surface area contributed by atoms with Crippen molar-refractivity contribution in [3.63, 3.8) is 0 Å². The number of aryl methyl sites for hydroxylation is 1. The van der Waals surface area contributed by atoms with Crippen molar-refractivity contribution in [2.75, 3.05) is 6.61 Å². The Kier molecular flexibility index (Phi) is 5.09. The second kappa shape index (κ2) is 6.29. The summed E-state index contributed by atoms with van der Waals surface area (Å²) in [5, 5.41) is 1.42. The van der Waals surface area contributed by atoms with Gasteiger partial charge in [0.2, 0.25) is 0 Å². The molecule has 0 atom stereocenters. The second-order valence-corrected chi connectivity index (χ2v) is 13.2. The highest BCUT2D eigenvalue weighted by Crippen LogP contribution is 2.27. The van der Waals surface area contributed by atoms with Crippen molar-refractivity contribution in [1.82, 2.24) is 14.5 Å². The average Bonchev–Trinajstić information content (AvgIpc) is 2.60. The molecule has 0 radical (unpaired) electrons. The third kappa shape index (κ3) is 3.93. The molecule has 2 rings (SSSR count). The van der Waals surface area contributed by atoms with Crippen LogP contribution in [0.4, 0.5) is 0 Å². The maximum atomic E-state index is 6.20. The fraction of sp³-hybridized carbons (Fsp3) is 0.538. The largest absolute Gasteiger partial charge is 0.361 e. The monoisotopic (exact) mass is 423 g/mol. The number of hydrogen-bond acceptors (Lipinski definition) is 3. The van der Waals surface area contributed by atoms with E-state index in [9.17, 15) is 0 Å². The van der Waals surface area contributed by atoms with E-state index in [0.717, 1.165) is 27.3 Å². The highest BCUT2D eigenvalue weighted by Gasteiger charge is 2.15. The minimum atomic E-state index is -1.04. The van der Waals surface area contributed by atoms with Gasteiger partial charge in [-0.15, -0.1) is 0 Å². The zero-order valence-electron chi connectivity index (χ0n) is 12.2. The van der Waals surface area contributed by atoms with E-state index >= 15 is 0 Å². The van der Waals surface area contributed by atoms with Crippen molar-refractivity contribution in [2.45, 2.75) is 39.3 Å². The van der Waals surface area contributed by atoms with Gasteiger partial charge in [0.25, 0.3) is 0 Å². The van der Waals surface area contributed by atoms with Crippen LogP contribution in [0.2, 0.25) is 30.8 Å². The Balaban J connectivity index is 2.15. The highest BCUT2D eigenvalue weighted by atomic mass is 127. The van der Waals surface area contributed by atoms with Crippen LogP contribution >= 0.6 is 34.2 Å². The van der Waals surface area contributed by atoms with Gasteiger partial charge in [0.05, 0.1) is 5.39 Å². The van der Waals surface area contributed by atoms with Gasteiger partial charge >= 0.3 is 0 Å². The average molecular weight is 424 g/mol. The molecule has 0 aromatic carbocycles. The fourth-order valence-electron chi connectivity index (χ4n) is 1.84. The van der Waals surface area contributed by atoms with E-state index in [1.165, 1.54) is 0 Å². The molecular weight excluding hydrogens is 405 g/mol. The van der Waals surface area contributed by atoms with E-state index in [4.69, 9.17) is 16.3 Å². The lowest BCUT2D eigenvalue weighted by Crippen LogP contribution is -2.22. The predicted molar refractivity (Wildman–Crippen MR) is 94.1 cm³/mol. The first-order valence-corrected chi connectivity index (χ1v) is 11.7. The SMILES string of the molecule is Cc1nc(Cl)c2c(I)cn(COCC[Si](C)(C)C)c2n1. The van der Waals surface area contributed by atoms with E-state index in [1.54, 1.807) is 0 Å². The van der Waals surface area contributed by atoms with Crippen LogP contribution in [0.1, 0.15) is 5.82 Å². The van der Waals surface area contributed by atoms with Crippen LogP contribution in [-0.2, 0) is 11.5 Å². The lowest BCUT2D eigenvalue weighted by atomic mass is 10.4. The van der Waals surface area contributed by atoms with Crippen LogP contribution in [0.25, 0.3) is 11.0 Å². The molecule has 4 nitrogen and oxygen atoms in total. The van der Waals surface area contributed by atoms with Crippen LogP contribution in [0.3, 0.4) is 0 Å². The van der Waals surface area contributed by atoms with Crippen molar-refractivity contribution in [3.8, 4) is 0 Å². The summed E-state index contributed by atoms with van der Waals surface area (Å²) in [6, 6.07) is 1.16. The lowest BCUT2D eigenvalue weighted by Gasteiger charge is -2.15. The molecule has 0 bridgehead atoms. The molecule has 0 amide bonds. The van der Waals surface area contributed by atoms with Gasteiger partial charge in [0.1, 0.15) is 23.4 Å². The summed E-state index contributed by atoms with van der Waals surface area (Å²) >= 11 is 8.45. The van der Waals surface area contributed by atoms with Crippen molar-refractivity contribution >= 4 is 53.3 Å². The molecule has 20 heavy (non-hydrogen) atoms. The standard InChI is InChI=1S/C13H19ClIN3OSi/c1-9-16-12(14)11-10(15)7-18(13(11)17-9)8-19-5-6-20(2,3)4/h7H,5-6,8H2,1-4H3.